The minimum absolute atomic E-state index is 0.0797. The number of ether oxygens (including phenoxy) is 2. The van der Waals surface area contributed by atoms with Gasteiger partial charge in [0.2, 0.25) is 5.12 Å². The quantitative estimate of drug-likeness (QED) is 0.811. The number of carbonyl (C=O) groups excluding carboxylic acids is 2. The molecule has 1 saturated heterocycles. The zero-order valence-electron chi connectivity index (χ0n) is 9.52. The van der Waals surface area contributed by atoms with Crippen molar-refractivity contribution in [2.75, 3.05) is 19.5 Å². The molecule has 6 heteroatoms. The summed E-state index contributed by atoms with van der Waals surface area (Å²) in [6.45, 7) is 2.89. The van der Waals surface area contributed by atoms with Gasteiger partial charge in [0.15, 0.2) is 0 Å². The molecular weight excluding hydrogens is 230 g/mol. The van der Waals surface area contributed by atoms with Crippen LogP contribution in [0.25, 0.3) is 0 Å². The van der Waals surface area contributed by atoms with Crippen LogP contribution < -0.4 is 5.32 Å². The van der Waals surface area contributed by atoms with E-state index in [0.717, 1.165) is 24.6 Å². The molecule has 0 saturated carbocycles. The summed E-state index contributed by atoms with van der Waals surface area (Å²) in [6, 6.07) is -0.512. The predicted octanol–water partition coefficient (Wildman–Crippen LogP) is 1.17. The van der Waals surface area contributed by atoms with Gasteiger partial charge in [-0.2, -0.15) is 0 Å². The third-order valence-corrected chi connectivity index (χ3v) is 3.09. The van der Waals surface area contributed by atoms with E-state index in [9.17, 15) is 9.59 Å². The molecule has 1 atom stereocenters. The van der Waals surface area contributed by atoms with Crippen molar-refractivity contribution in [3.05, 3.63) is 0 Å². The Hall–Kier alpha value is -0.750. The molecule has 0 aromatic carbocycles. The maximum atomic E-state index is 11.4. The van der Waals surface area contributed by atoms with Crippen LogP contribution in [0.15, 0.2) is 0 Å². The van der Waals surface area contributed by atoms with Crippen molar-refractivity contribution in [2.24, 2.45) is 0 Å². The minimum Gasteiger partial charge on any atom is -0.446 e. The minimum atomic E-state index is -0.526. The fraction of sp³-hybridized carbons (Fsp3) is 0.800. The fourth-order valence-corrected chi connectivity index (χ4v) is 1.80. The van der Waals surface area contributed by atoms with Gasteiger partial charge < -0.3 is 14.8 Å². The standard InChI is InChI=1S/C10H17NO4S/c1-7(9(12)16-2)11-10(13)15-8-3-5-14-6-4-8/h7-8H,3-6H2,1-2H3,(H,11,13)/t7-/m0/s1. The van der Waals surface area contributed by atoms with Crippen LogP contribution in [0.2, 0.25) is 0 Å². The van der Waals surface area contributed by atoms with E-state index in [1.165, 1.54) is 0 Å². The molecule has 0 aromatic heterocycles. The molecule has 0 unspecified atom stereocenters. The zero-order chi connectivity index (χ0) is 12.0. The van der Waals surface area contributed by atoms with Crippen molar-refractivity contribution >= 4 is 23.0 Å². The summed E-state index contributed by atoms with van der Waals surface area (Å²) in [5.41, 5.74) is 0. The third kappa shape index (κ3) is 4.40. The summed E-state index contributed by atoms with van der Waals surface area (Å²) in [7, 11) is 0. The van der Waals surface area contributed by atoms with Crippen LogP contribution >= 0.6 is 11.8 Å². The van der Waals surface area contributed by atoms with Gasteiger partial charge in [0, 0.05) is 12.8 Å². The Labute approximate surface area is 99.2 Å². The Morgan fingerprint density at radius 1 is 1.44 bits per heavy atom. The number of thioether (sulfide) groups is 1. The molecule has 0 spiro atoms. The monoisotopic (exact) mass is 247 g/mol. The second kappa shape index (κ2) is 6.75. The largest absolute Gasteiger partial charge is 0.446 e. The number of alkyl carbamates (subject to hydrolysis) is 1. The van der Waals surface area contributed by atoms with E-state index in [1.54, 1.807) is 13.2 Å². The number of rotatable bonds is 3. The highest BCUT2D eigenvalue weighted by Gasteiger charge is 2.20. The highest BCUT2D eigenvalue weighted by molar-refractivity contribution is 8.13. The van der Waals surface area contributed by atoms with E-state index in [1.807, 2.05) is 0 Å². The number of amides is 1. The first-order valence-corrected chi connectivity index (χ1v) is 6.48. The second-order valence-electron chi connectivity index (χ2n) is 3.61. The summed E-state index contributed by atoms with van der Waals surface area (Å²) in [5.74, 6) is 0. The Morgan fingerprint density at radius 3 is 2.62 bits per heavy atom. The molecule has 92 valence electrons. The van der Waals surface area contributed by atoms with Gasteiger partial charge >= 0.3 is 6.09 Å². The molecule has 1 aliphatic rings. The normalized spacial score (nSPS) is 18.9. The van der Waals surface area contributed by atoms with Gasteiger partial charge in [-0.25, -0.2) is 4.79 Å². The van der Waals surface area contributed by atoms with E-state index in [0.29, 0.717) is 13.2 Å². The lowest BCUT2D eigenvalue weighted by molar-refractivity contribution is -0.112. The van der Waals surface area contributed by atoms with Crippen LogP contribution in [0.1, 0.15) is 19.8 Å². The Balaban J connectivity index is 2.26. The topological polar surface area (TPSA) is 64.6 Å². The van der Waals surface area contributed by atoms with Crippen LogP contribution in [-0.2, 0) is 14.3 Å². The maximum absolute atomic E-state index is 11.4. The molecule has 16 heavy (non-hydrogen) atoms. The predicted molar refractivity (Wildman–Crippen MR) is 61.4 cm³/mol. The summed E-state index contributed by atoms with van der Waals surface area (Å²) in [5, 5.41) is 2.43. The first-order chi connectivity index (χ1) is 7.63. The summed E-state index contributed by atoms with van der Waals surface area (Å²) in [4.78, 5) is 22.6. The number of carbonyl (C=O) groups is 2. The summed E-state index contributed by atoms with van der Waals surface area (Å²) >= 11 is 1.09. The van der Waals surface area contributed by atoms with Crippen molar-refractivity contribution in [3.8, 4) is 0 Å². The summed E-state index contributed by atoms with van der Waals surface area (Å²) in [6.07, 6.45) is 2.51. The summed E-state index contributed by atoms with van der Waals surface area (Å²) < 4.78 is 10.3. The van der Waals surface area contributed by atoms with Gasteiger partial charge in [-0.3, -0.25) is 4.79 Å². The van der Waals surface area contributed by atoms with Gasteiger partial charge in [-0.05, 0) is 13.2 Å². The third-order valence-electron chi connectivity index (χ3n) is 2.33. The van der Waals surface area contributed by atoms with Crippen LogP contribution in [0, 0.1) is 0 Å². The molecule has 1 heterocycles. The van der Waals surface area contributed by atoms with E-state index < -0.39 is 12.1 Å². The second-order valence-corrected chi connectivity index (χ2v) is 4.42. The zero-order valence-corrected chi connectivity index (χ0v) is 10.3. The molecule has 1 rings (SSSR count). The van der Waals surface area contributed by atoms with E-state index >= 15 is 0 Å². The molecule has 0 bridgehead atoms. The smallest absolute Gasteiger partial charge is 0.408 e. The SMILES string of the molecule is CSC(=O)[C@H](C)NC(=O)OC1CCOCC1. The molecule has 1 aliphatic heterocycles. The van der Waals surface area contributed by atoms with Crippen molar-refractivity contribution in [2.45, 2.75) is 31.9 Å². The lowest BCUT2D eigenvalue weighted by atomic mass is 10.2. The average Bonchev–Trinajstić information content (AvgIpc) is 2.29. The molecule has 1 fully saturated rings. The van der Waals surface area contributed by atoms with E-state index in [-0.39, 0.29) is 11.2 Å². The Morgan fingerprint density at radius 2 is 2.06 bits per heavy atom. The van der Waals surface area contributed by atoms with Crippen molar-refractivity contribution in [3.63, 3.8) is 0 Å². The first kappa shape index (κ1) is 13.3. The van der Waals surface area contributed by atoms with Crippen LogP contribution in [0.5, 0.6) is 0 Å². The molecule has 0 aromatic rings. The molecule has 1 N–H and O–H groups in total. The molecule has 1 amide bonds. The molecule has 0 radical (unpaired) electrons. The lowest BCUT2D eigenvalue weighted by Gasteiger charge is -2.23. The van der Waals surface area contributed by atoms with Crippen LogP contribution in [-0.4, -0.2) is 42.8 Å². The van der Waals surface area contributed by atoms with Crippen LogP contribution in [0.3, 0.4) is 0 Å². The number of nitrogens with one attached hydrogen (secondary N) is 1. The van der Waals surface area contributed by atoms with Gasteiger partial charge in [-0.1, -0.05) is 11.8 Å². The highest BCUT2D eigenvalue weighted by Crippen LogP contribution is 2.10. The van der Waals surface area contributed by atoms with Gasteiger partial charge in [0.05, 0.1) is 19.3 Å². The first-order valence-electron chi connectivity index (χ1n) is 5.26. The van der Waals surface area contributed by atoms with Gasteiger partial charge in [0.1, 0.15) is 6.10 Å². The van der Waals surface area contributed by atoms with Gasteiger partial charge in [0.25, 0.3) is 0 Å². The molecule has 0 aliphatic carbocycles. The fourth-order valence-electron chi connectivity index (χ4n) is 1.39. The van der Waals surface area contributed by atoms with Crippen molar-refractivity contribution in [1.82, 2.24) is 5.32 Å². The van der Waals surface area contributed by atoms with Crippen LogP contribution in [0.4, 0.5) is 4.79 Å². The number of hydrogen-bond acceptors (Lipinski definition) is 5. The Kier molecular flexibility index (Phi) is 5.62. The molecule has 5 nitrogen and oxygen atoms in total. The molecular formula is C10H17NO4S. The Bertz CT molecular complexity index is 253. The van der Waals surface area contributed by atoms with Crippen molar-refractivity contribution < 1.29 is 19.1 Å². The van der Waals surface area contributed by atoms with Crippen molar-refractivity contribution in [1.29, 1.82) is 0 Å². The average molecular weight is 247 g/mol. The van der Waals surface area contributed by atoms with Gasteiger partial charge in [-0.15, -0.1) is 0 Å². The highest BCUT2D eigenvalue weighted by atomic mass is 32.2. The van der Waals surface area contributed by atoms with E-state index in [4.69, 9.17) is 9.47 Å². The van der Waals surface area contributed by atoms with E-state index in [2.05, 4.69) is 5.32 Å². The number of hydrogen-bond donors (Lipinski definition) is 1. The maximum Gasteiger partial charge on any atom is 0.408 e. The lowest BCUT2D eigenvalue weighted by Crippen LogP contribution is -2.40.